The number of hydrogen-bond acceptors (Lipinski definition) is 3. The molecule has 0 atom stereocenters. The predicted octanol–water partition coefficient (Wildman–Crippen LogP) is 1.54. The molecule has 0 unspecified atom stereocenters. The minimum Gasteiger partial charge on any atom is -0.363 e. The van der Waals surface area contributed by atoms with E-state index in [-0.39, 0.29) is 0 Å². The van der Waals surface area contributed by atoms with Gasteiger partial charge in [-0.25, -0.2) is 0 Å². The van der Waals surface area contributed by atoms with E-state index in [4.69, 9.17) is 10.8 Å². The van der Waals surface area contributed by atoms with Crippen LogP contribution >= 0.6 is 0 Å². The molecule has 1 rings (SSSR count). The zero-order valence-corrected chi connectivity index (χ0v) is 8.86. The summed E-state index contributed by atoms with van der Waals surface area (Å²) in [7, 11) is 3.58. The third-order valence-corrected chi connectivity index (χ3v) is 1.83. The number of nitrogens with one attached hydrogen (secondary N) is 2. The van der Waals surface area contributed by atoms with E-state index in [1.54, 1.807) is 43.4 Å². The smallest absolute Gasteiger partial charge is 0.120 e. The molecule has 0 saturated carbocycles. The lowest BCUT2D eigenvalue weighted by Crippen LogP contribution is -2.18. The summed E-state index contributed by atoms with van der Waals surface area (Å²) in [5, 5.41) is 15.2. The van der Waals surface area contributed by atoms with E-state index in [9.17, 15) is 0 Å². The first kappa shape index (κ1) is 11.1. The Hall–Kier alpha value is -1.97. The standard InChI is InChI=1S/C11H14N4/c1-15(2)11(13)7-6-9(12)10-5-3-4-8-14-10/h3-8,12-13H,1-2H3/b7-6-,12-9?,13-11?. The Morgan fingerprint density at radius 3 is 2.53 bits per heavy atom. The van der Waals surface area contributed by atoms with Crippen LogP contribution in [0, 0.1) is 10.8 Å². The maximum Gasteiger partial charge on any atom is 0.120 e. The SMILES string of the molecule is CN(C)C(=N)/C=C\C(=N)c1ccccn1. The van der Waals surface area contributed by atoms with Crippen molar-refractivity contribution in [2.45, 2.75) is 0 Å². The average Bonchev–Trinajstić information content (AvgIpc) is 2.26. The van der Waals surface area contributed by atoms with Crippen molar-refractivity contribution >= 4 is 11.5 Å². The fourth-order valence-corrected chi connectivity index (χ4v) is 0.919. The van der Waals surface area contributed by atoms with Crippen LogP contribution in [0.1, 0.15) is 5.69 Å². The Bertz CT molecular complexity index is 379. The fourth-order valence-electron chi connectivity index (χ4n) is 0.919. The van der Waals surface area contributed by atoms with Gasteiger partial charge in [-0.1, -0.05) is 6.07 Å². The Kier molecular flexibility index (Phi) is 3.74. The first-order valence-corrected chi connectivity index (χ1v) is 4.55. The number of amidine groups is 1. The van der Waals surface area contributed by atoms with Gasteiger partial charge in [-0.15, -0.1) is 0 Å². The van der Waals surface area contributed by atoms with E-state index in [1.165, 1.54) is 0 Å². The number of allylic oxidation sites excluding steroid dienone is 1. The second-order valence-corrected chi connectivity index (χ2v) is 3.24. The number of nitrogens with zero attached hydrogens (tertiary/aromatic N) is 2. The lowest BCUT2D eigenvalue weighted by Gasteiger charge is -2.08. The highest BCUT2D eigenvalue weighted by Crippen LogP contribution is 1.96. The van der Waals surface area contributed by atoms with Crippen molar-refractivity contribution in [1.82, 2.24) is 9.88 Å². The van der Waals surface area contributed by atoms with E-state index in [0.717, 1.165) is 0 Å². The van der Waals surface area contributed by atoms with Crippen molar-refractivity contribution in [3.8, 4) is 0 Å². The average molecular weight is 202 g/mol. The van der Waals surface area contributed by atoms with Crippen LogP contribution in [0.25, 0.3) is 0 Å². The van der Waals surface area contributed by atoms with Gasteiger partial charge in [0.1, 0.15) is 5.84 Å². The molecule has 0 spiro atoms. The van der Waals surface area contributed by atoms with Gasteiger partial charge in [-0.2, -0.15) is 0 Å². The summed E-state index contributed by atoms with van der Waals surface area (Å²) in [6.45, 7) is 0. The number of rotatable bonds is 3. The molecule has 15 heavy (non-hydrogen) atoms. The van der Waals surface area contributed by atoms with Gasteiger partial charge >= 0.3 is 0 Å². The number of aromatic nitrogens is 1. The molecule has 1 heterocycles. The number of pyridine rings is 1. The van der Waals surface area contributed by atoms with Crippen molar-refractivity contribution in [3.63, 3.8) is 0 Å². The van der Waals surface area contributed by atoms with E-state index in [1.807, 2.05) is 12.1 Å². The molecule has 4 nitrogen and oxygen atoms in total. The van der Waals surface area contributed by atoms with Crippen molar-refractivity contribution < 1.29 is 0 Å². The van der Waals surface area contributed by atoms with Crippen LogP contribution in [0.3, 0.4) is 0 Å². The third-order valence-electron chi connectivity index (χ3n) is 1.83. The topological polar surface area (TPSA) is 63.8 Å². The summed E-state index contributed by atoms with van der Waals surface area (Å²) in [6.07, 6.45) is 4.80. The Morgan fingerprint density at radius 2 is 2.00 bits per heavy atom. The van der Waals surface area contributed by atoms with Crippen LogP contribution in [-0.4, -0.2) is 35.5 Å². The maximum absolute atomic E-state index is 7.70. The van der Waals surface area contributed by atoms with Gasteiger partial charge in [0.15, 0.2) is 0 Å². The first-order valence-electron chi connectivity index (χ1n) is 4.55. The largest absolute Gasteiger partial charge is 0.363 e. The summed E-state index contributed by atoms with van der Waals surface area (Å²) in [4.78, 5) is 5.71. The quantitative estimate of drug-likeness (QED) is 0.577. The molecule has 1 aromatic heterocycles. The maximum atomic E-state index is 7.70. The van der Waals surface area contributed by atoms with Crippen molar-refractivity contribution in [2.75, 3.05) is 14.1 Å². The molecular weight excluding hydrogens is 188 g/mol. The Balaban J connectivity index is 2.69. The number of hydrogen-bond donors (Lipinski definition) is 2. The van der Waals surface area contributed by atoms with Crippen LogP contribution in [0.2, 0.25) is 0 Å². The van der Waals surface area contributed by atoms with Gasteiger partial charge in [0.05, 0.1) is 11.4 Å². The fraction of sp³-hybridized carbons (Fsp3) is 0.182. The predicted molar refractivity (Wildman–Crippen MR) is 61.6 cm³/mol. The second-order valence-electron chi connectivity index (χ2n) is 3.24. The summed E-state index contributed by atoms with van der Waals surface area (Å²) in [5.74, 6) is 0.357. The molecule has 0 aliphatic rings. The molecule has 0 aromatic carbocycles. The number of likely N-dealkylation sites (N-methyl/N-ethyl adjacent to an activating group) is 1. The monoisotopic (exact) mass is 202 g/mol. The molecule has 2 N–H and O–H groups in total. The molecule has 0 aliphatic carbocycles. The van der Waals surface area contributed by atoms with E-state index < -0.39 is 0 Å². The first-order chi connectivity index (χ1) is 7.11. The molecule has 0 radical (unpaired) electrons. The second kappa shape index (κ2) is 5.05. The molecule has 0 aliphatic heterocycles. The molecule has 0 fully saturated rings. The lowest BCUT2D eigenvalue weighted by atomic mass is 10.2. The Morgan fingerprint density at radius 1 is 1.27 bits per heavy atom. The van der Waals surface area contributed by atoms with Crippen LogP contribution in [0.15, 0.2) is 36.5 Å². The van der Waals surface area contributed by atoms with Crippen molar-refractivity contribution in [2.24, 2.45) is 0 Å². The highest BCUT2D eigenvalue weighted by molar-refractivity contribution is 6.08. The molecule has 0 saturated heterocycles. The zero-order chi connectivity index (χ0) is 11.3. The van der Waals surface area contributed by atoms with Crippen molar-refractivity contribution in [3.05, 3.63) is 42.2 Å². The molecule has 4 heteroatoms. The van der Waals surface area contributed by atoms with E-state index in [2.05, 4.69) is 4.98 Å². The molecule has 78 valence electrons. The summed E-state index contributed by atoms with van der Waals surface area (Å²) in [6, 6.07) is 5.41. The highest BCUT2D eigenvalue weighted by Gasteiger charge is 1.98. The minimum atomic E-state index is 0.308. The van der Waals surface area contributed by atoms with Gasteiger partial charge in [-0.05, 0) is 24.3 Å². The molecule has 1 aromatic rings. The molecule has 0 bridgehead atoms. The summed E-state index contributed by atoms with van der Waals surface area (Å²) < 4.78 is 0. The minimum absolute atomic E-state index is 0.308. The summed E-state index contributed by atoms with van der Waals surface area (Å²) >= 11 is 0. The highest BCUT2D eigenvalue weighted by atomic mass is 15.1. The normalized spacial score (nSPS) is 10.3. The van der Waals surface area contributed by atoms with Crippen LogP contribution in [0.5, 0.6) is 0 Å². The zero-order valence-electron chi connectivity index (χ0n) is 8.86. The van der Waals surface area contributed by atoms with Gasteiger partial charge < -0.3 is 4.90 Å². The van der Waals surface area contributed by atoms with Crippen LogP contribution in [0.4, 0.5) is 0 Å². The van der Waals surface area contributed by atoms with Gasteiger partial charge in [0, 0.05) is 20.3 Å². The van der Waals surface area contributed by atoms with Gasteiger partial charge in [0.25, 0.3) is 0 Å². The Labute approximate surface area is 89.3 Å². The third kappa shape index (κ3) is 3.34. The molecular formula is C11H14N4. The van der Waals surface area contributed by atoms with E-state index in [0.29, 0.717) is 17.2 Å². The van der Waals surface area contributed by atoms with E-state index >= 15 is 0 Å². The summed E-state index contributed by atoms with van der Waals surface area (Å²) in [5.41, 5.74) is 0.919. The van der Waals surface area contributed by atoms with Gasteiger partial charge in [-0.3, -0.25) is 15.8 Å². The molecule has 0 amide bonds. The van der Waals surface area contributed by atoms with Crippen molar-refractivity contribution in [1.29, 1.82) is 10.8 Å². The lowest BCUT2D eigenvalue weighted by molar-refractivity contribution is 0.622. The van der Waals surface area contributed by atoms with Crippen LogP contribution < -0.4 is 0 Å². The van der Waals surface area contributed by atoms with Crippen LogP contribution in [-0.2, 0) is 0 Å². The van der Waals surface area contributed by atoms with Gasteiger partial charge in [0.2, 0.25) is 0 Å².